The molecule has 144 valence electrons. The molecule has 1 aromatic heterocycles. The summed E-state index contributed by atoms with van der Waals surface area (Å²) < 4.78 is 7.00. The highest BCUT2D eigenvalue weighted by Gasteiger charge is 2.25. The molecule has 0 aliphatic heterocycles. The van der Waals surface area contributed by atoms with Crippen LogP contribution in [-0.4, -0.2) is 44.9 Å². The van der Waals surface area contributed by atoms with E-state index in [0.717, 1.165) is 25.7 Å². The quantitative estimate of drug-likeness (QED) is 0.412. The van der Waals surface area contributed by atoms with Crippen LogP contribution in [0, 0.1) is 0 Å². The highest BCUT2D eigenvalue weighted by atomic mass is 32.2. The Hall–Kier alpha value is -2.10. The predicted octanol–water partition coefficient (Wildman–Crippen LogP) is 1.15. The molecule has 26 heavy (non-hydrogen) atoms. The summed E-state index contributed by atoms with van der Waals surface area (Å²) in [6, 6.07) is 0.226. The average Bonchev–Trinajstić information content (AvgIpc) is 3.01. The average molecular weight is 383 g/mol. The number of nitrogens with zero attached hydrogens (tertiary/aromatic N) is 3. The van der Waals surface area contributed by atoms with Gasteiger partial charge in [-0.2, -0.15) is 0 Å². The molecule has 10 heteroatoms. The third-order valence-electron chi connectivity index (χ3n) is 3.99. The Morgan fingerprint density at radius 2 is 1.92 bits per heavy atom. The first-order valence-corrected chi connectivity index (χ1v) is 9.77. The smallest absolute Gasteiger partial charge is 0.313 e. The molecule has 1 heterocycles. The van der Waals surface area contributed by atoms with Crippen LogP contribution >= 0.6 is 11.8 Å². The Morgan fingerprint density at radius 3 is 2.58 bits per heavy atom. The van der Waals surface area contributed by atoms with Crippen LogP contribution in [0.25, 0.3) is 0 Å². The number of aromatic nitrogens is 3. The van der Waals surface area contributed by atoms with Gasteiger partial charge in [0.2, 0.25) is 11.8 Å². The van der Waals surface area contributed by atoms with E-state index in [-0.39, 0.29) is 36.0 Å². The minimum Gasteiger partial charge on any atom is -0.466 e. The highest BCUT2D eigenvalue weighted by molar-refractivity contribution is 7.99. The number of carbonyl (C=O) groups is 3. The molecule has 2 rings (SSSR count). The summed E-state index contributed by atoms with van der Waals surface area (Å²) in [5.74, 6) is -0.359. The standard InChI is InChI=1S/C16H25N5O4S/c1-3-25-15(24)9-13-18-20-16(21(13)12-7-5-4-6-8-12)26-10-14(23)19-17-11(2)22/h12H,3-10H2,1-2H3,(H,17,22)(H,19,23). The molecule has 0 aromatic carbocycles. The number of carbonyl (C=O) groups excluding carboxylic acids is 3. The van der Waals surface area contributed by atoms with Gasteiger partial charge < -0.3 is 9.30 Å². The monoisotopic (exact) mass is 383 g/mol. The van der Waals surface area contributed by atoms with Crippen molar-refractivity contribution in [1.29, 1.82) is 0 Å². The number of hydrogen-bond acceptors (Lipinski definition) is 7. The molecule has 1 aromatic rings. The first-order valence-electron chi connectivity index (χ1n) is 8.78. The summed E-state index contributed by atoms with van der Waals surface area (Å²) in [5, 5.41) is 8.93. The van der Waals surface area contributed by atoms with Crippen molar-refractivity contribution in [2.75, 3.05) is 12.4 Å². The fourth-order valence-corrected chi connectivity index (χ4v) is 3.72. The third-order valence-corrected chi connectivity index (χ3v) is 4.94. The van der Waals surface area contributed by atoms with Crippen molar-refractivity contribution >= 4 is 29.5 Å². The maximum Gasteiger partial charge on any atom is 0.313 e. The molecular formula is C16H25N5O4S. The van der Waals surface area contributed by atoms with Gasteiger partial charge in [0.05, 0.1) is 12.4 Å². The second-order valence-electron chi connectivity index (χ2n) is 6.06. The van der Waals surface area contributed by atoms with Crippen LogP contribution in [-0.2, 0) is 25.5 Å². The predicted molar refractivity (Wildman–Crippen MR) is 95.2 cm³/mol. The van der Waals surface area contributed by atoms with Crippen molar-refractivity contribution in [3.63, 3.8) is 0 Å². The second-order valence-corrected chi connectivity index (χ2v) is 7.00. The fraction of sp³-hybridized carbons (Fsp3) is 0.688. The maximum atomic E-state index is 11.9. The first-order chi connectivity index (χ1) is 12.5. The zero-order valence-corrected chi connectivity index (χ0v) is 15.9. The second kappa shape index (κ2) is 10.1. The van der Waals surface area contributed by atoms with Gasteiger partial charge in [0.15, 0.2) is 5.16 Å². The molecular weight excluding hydrogens is 358 g/mol. The summed E-state index contributed by atoms with van der Waals surface area (Å²) in [7, 11) is 0. The molecule has 9 nitrogen and oxygen atoms in total. The lowest BCUT2D eigenvalue weighted by Gasteiger charge is -2.25. The Bertz CT molecular complexity index is 643. The van der Waals surface area contributed by atoms with E-state index < -0.39 is 0 Å². The molecule has 0 saturated heterocycles. The third kappa shape index (κ3) is 6.01. The van der Waals surface area contributed by atoms with E-state index in [1.54, 1.807) is 6.92 Å². The molecule has 2 N–H and O–H groups in total. The Labute approximate surface area is 156 Å². The zero-order valence-electron chi connectivity index (χ0n) is 15.1. The Kier molecular flexibility index (Phi) is 7.89. The lowest BCUT2D eigenvalue weighted by molar-refractivity contribution is -0.142. The van der Waals surface area contributed by atoms with Gasteiger partial charge >= 0.3 is 5.97 Å². The number of esters is 1. The van der Waals surface area contributed by atoms with Gasteiger partial charge in [-0.1, -0.05) is 31.0 Å². The van der Waals surface area contributed by atoms with Crippen LogP contribution < -0.4 is 10.9 Å². The van der Waals surface area contributed by atoms with E-state index in [0.29, 0.717) is 17.6 Å². The first kappa shape index (κ1) is 20.2. The van der Waals surface area contributed by atoms with Crippen LogP contribution in [0.5, 0.6) is 0 Å². The van der Waals surface area contributed by atoms with Gasteiger partial charge in [0.1, 0.15) is 12.2 Å². The Morgan fingerprint density at radius 1 is 1.19 bits per heavy atom. The van der Waals surface area contributed by atoms with Gasteiger partial charge in [-0.15, -0.1) is 10.2 Å². The van der Waals surface area contributed by atoms with Crippen molar-refractivity contribution in [3.05, 3.63) is 5.82 Å². The fourth-order valence-electron chi connectivity index (χ4n) is 2.90. The van der Waals surface area contributed by atoms with Gasteiger partial charge in [-0.3, -0.25) is 25.2 Å². The van der Waals surface area contributed by atoms with Gasteiger partial charge in [-0.05, 0) is 19.8 Å². The van der Waals surface area contributed by atoms with Crippen molar-refractivity contribution in [1.82, 2.24) is 25.6 Å². The topological polar surface area (TPSA) is 115 Å². The number of nitrogens with one attached hydrogen (secondary N) is 2. The van der Waals surface area contributed by atoms with Crippen LogP contribution in [0.4, 0.5) is 0 Å². The number of amides is 2. The molecule has 1 saturated carbocycles. The maximum absolute atomic E-state index is 11.9. The summed E-state index contributed by atoms with van der Waals surface area (Å²) in [4.78, 5) is 34.5. The van der Waals surface area contributed by atoms with Crippen molar-refractivity contribution in [2.24, 2.45) is 0 Å². The summed E-state index contributed by atoms with van der Waals surface area (Å²) in [6.45, 7) is 3.40. The largest absolute Gasteiger partial charge is 0.466 e. The number of thioether (sulfide) groups is 1. The van der Waals surface area contributed by atoms with Crippen molar-refractivity contribution in [2.45, 2.75) is 63.6 Å². The van der Waals surface area contributed by atoms with Gasteiger partial charge in [0, 0.05) is 13.0 Å². The van der Waals surface area contributed by atoms with Crippen LogP contribution in [0.15, 0.2) is 5.16 Å². The summed E-state index contributed by atoms with van der Waals surface area (Å²) >= 11 is 1.24. The molecule has 0 unspecified atom stereocenters. The van der Waals surface area contributed by atoms with Crippen LogP contribution in [0.3, 0.4) is 0 Å². The lowest BCUT2D eigenvalue weighted by atomic mass is 9.95. The summed E-state index contributed by atoms with van der Waals surface area (Å²) in [5.41, 5.74) is 4.57. The van der Waals surface area contributed by atoms with Crippen LogP contribution in [0.2, 0.25) is 0 Å². The molecule has 0 bridgehead atoms. The Balaban J connectivity index is 2.08. The number of hydrazine groups is 1. The molecule has 2 amide bonds. The van der Waals surface area contributed by atoms with E-state index in [9.17, 15) is 14.4 Å². The molecule has 0 atom stereocenters. The normalized spacial score (nSPS) is 14.7. The number of hydrogen-bond donors (Lipinski definition) is 2. The van der Waals surface area contributed by atoms with Crippen molar-refractivity contribution < 1.29 is 19.1 Å². The van der Waals surface area contributed by atoms with E-state index in [1.165, 1.54) is 25.1 Å². The van der Waals surface area contributed by atoms with Crippen molar-refractivity contribution in [3.8, 4) is 0 Å². The van der Waals surface area contributed by atoms with Crippen LogP contribution in [0.1, 0.15) is 57.8 Å². The zero-order chi connectivity index (χ0) is 18.9. The lowest BCUT2D eigenvalue weighted by Crippen LogP contribution is -2.41. The molecule has 0 spiro atoms. The molecule has 0 radical (unpaired) electrons. The van der Waals surface area contributed by atoms with Gasteiger partial charge in [0.25, 0.3) is 0 Å². The minimum atomic E-state index is -0.342. The summed E-state index contributed by atoms with van der Waals surface area (Å²) in [6.07, 6.45) is 5.51. The highest BCUT2D eigenvalue weighted by Crippen LogP contribution is 2.32. The number of rotatable bonds is 7. The SMILES string of the molecule is CCOC(=O)Cc1nnc(SCC(=O)NNC(C)=O)n1C1CCCCC1. The number of ether oxygens (including phenoxy) is 1. The van der Waals surface area contributed by atoms with Gasteiger partial charge in [-0.25, -0.2) is 0 Å². The van der Waals surface area contributed by atoms with E-state index in [4.69, 9.17) is 4.74 Å². The van der Waals surface area contributed by atoms with E-state index in [2.05, 4.69) is 21.0 Å². The molecule has 1 fully saturated rings. The van der Waals surface area contributed by atoms with E-state index >= 15 is 0 Å². The molecule has 1 aliphatic carbocycles. The molecule has 1 aliphatic rings. The van der Waals surface area contributed by atoms with E-state index in [1.807, 2.05) is 4.57 Å². The minimum absolute atomic E-state index is 0.0655.